The molecule has 26 heavy (non-hydrogen) atoms. The fourth-order valence-corrected chi connectivity index (χ4v) is 3.27. The van der Waals surface area contributed by atoms with Gasteiger partial charge in [-0.15, -0.1) is 0 Å². The molecule has 1 aliphatic heterocycles. The van der Waals surface area contributed by atoms with Crippen LogP contribution in [0, 0.1) is 11.7 Å². The minimum atomic E-state index is -1.14. The van der Waals surface area contributed by atoms with Gasteiger partial charge in [-0.05, 0) is 49.1 Å². The highest BCUT2D eigenvalue weighted by Gasteiger charge is 2.20. The predicted octanol–water partition coefficient (Wildman–Crippen LogP) is 4.01. The standard InChI is InChI=1S/C20H21FN2O3/c1-13-5-4-10-23(12-13)14-8-9-18(16(11-14)20(25)26)22-19(24)15-6-2-3-7-17(15)21/h2-3,6-9,11,13H,4-5,10,12H2,1H3,(H,22,24)(H,25,26)/t13-/m0/s1. The van der Waals surface area contributed by atoms with Gasteiger partial charge in [-0.25, -0.2) is 9.18 Å². The van der Waals surface area contributed by atoms with Crippen molar-refractivity contribution < 1.29 is 19.1 Å². The van der Waals surface area contributed by atoms with Crippen LogP contribution in [0.4, 0.5) is 15.8 Å². The molecule has 3 rings (SSSR count). The quantitative estimate of drug-likeness (QED) is 0.868. The molecular weight excluding hydrogens is 335 g/mol. The van der Waals surface area contributed by atoms with E-state index in [1.54, 1.807) is 24.3 Å². The van der Waals surface area contributed by atoms with Crippen molar-refractivity contribution in [2.45, 2.75) is 19.8 Å². The molecule has 0 radical (unpaired) electrons. The number of carbonyl (C=O) groups is 2. The Morgan fingerprint density at radius 2 is 1.96 bits per heavy atom. The Morgan fingerprint density at radius 1 is 1.19 bits per heavy atom. The SMILES string of the molecule is C[C@H]1CCCN(c2ccc(NC(=O)c3ccccc3F)c(C(=O)O)c2)C1. The highest BCUT2D eigenvalue weighted by Crippen LogP contribution is 2.28. The lowest BCUT2D eigenvalue weighted by molar-refractivity contribution is 0.0698. The molecule has 0 aliphatic carbocycles. The van der Waals surface area contributed by atoms with E-state index < -0.39 is 17.7 Å². The van der Waals surface area contributed by atoms with Gasteiger partial charge >= 0.3 is 5.97 Å². The fourth-order valence-electron chi connectivity index (χ4n) is 3.27. The Labute approximate surface area is 151 Å². The summed E-state index contributed by atoms with van der Waals surface area (Å²) in [6.45, 7) is 3.93. The van der Waals surface area contributed by atoms with Crippen molar-refractivity contribution in [3.05, 3.63) is 59.4 Å². The van der Waals surface area contributed by atoms with Gasteiger partial charge in [0, 0.05) is 18.8 Å². The number of rotatable bonds is 4. The summed E-state index contributed by atoms with van der Waals surface area (Å²) < 4.78 is 13.8. The molecule has 6 heteroatoms. The monoisotopic (exact) mass is 356 g/mol. The second-order valence-corrected chi connectivity index (χ2v) is 6.66. The number of anilines is 2. The smallest absolute Gasteiger partial charge is 0.337 e. The average molecular weight is 356 g/mol. The summed E-state index contributed by atoms with van der Waals surface area (Å²) in [4.78, 5) is 26.1. The van der Waals surface area contributed by atoms with Gasteiger partial charge in [0.05, 0.1) is 16.8 Å². The molecular formula is C20H21FN2O3. The topological polar surface area (TPSA) is 69.6 Å². The minimum Gasteiger partial charge on any atom is -0.478 e. The summed E-state index contributed by atoms with van der Waals surface area (Å²) in [7, 11) is 0. The van der Waals surface area contributed by atoms with Gasteiger partial charge < -0.3 is 15.3 Å². The number of hydrogen-bond acceptors (Lipinski definition) is 3. The van der Waals surface area contributed by atoms with Crippen LogP contribution >= 0.6 is 0 Å². The van der Waals surface area contributed by atoms with E-state index in [9.17, 15) is 19.1 Å². The van der Waals surface area contributed by atoms with Crippen molar-refractivity contribution in [3.63, 3.8) is 0 Å². The van der Waals surface area contributed by atoms with Crippen molar-refractivity contribution in [3.8, 4) is 0 Å². The molecule has 5 nitrogen and oxygen atoms in total. The van der Waals surface area contributed by atoms with Crippen LogP contribution in [-0.4, -0.2) is 30.1 Å². The maximum Gasteiger partial charge on any atom is 0.337 e. The number of nitrogens with one attached hydrogen (secondary N) is 1. The van der Waals surface area contributed by atoms with E-state index in [0.29, 0.717) is 5.92 Å². The van der Waals surface area contributed by atoms with E-state index in [1.165, 1.54) is 24.6 Å². The summed E-state index contributed by atoms with van der Waals surface area (Å²) in [5.41, 5.74) is 0.834. The van der Waals surface area contributed by atoms with Crippen LogP contribution in [0.3, 0.4) is 0 Å². The van der Waals surface area contributed by atoms with Crippen LogP contribution in [0.5, 0.6) is 0 Å². The first-order chi connectivity index (χ1) is 12.5. The molecule has 1 aliphatic rings. The summed E-state index contributed by atoms with van der Waals surface area (Å²) in [6, 6.07) is 10.5. The number of amides is 1. The van der Waals surface area contributed by atoms with Crippen LogP contribution < -0.4 is 10.2 Å². The molecule has 0 aromatic heterocycles. The second kappa shape index (κ2) is 7.56. The van der Waals surface area contributed by atoms with Crippen LogP contribution in [-0.2, 0) is 0 Å². The van der Waals surface area contributed by atoms with Gasteiger partial charge in [0.2, 0.25) is 0 Å². The number of aromatic carboxylic acids is 1. The lowest BCUT2D eigenvalue weighted by atomic mass is 9.99. The molecule has 1 saturated heterocycles. The van der Waals surface area contributed by atoms with Crippen molar-refractivity contribution in [2.24, 2.45) is 5.92 Å². The third-order valence-corrected chi connectivity index (χ3v) is 4.62. The maximum absolute atomic E-state index is 13.8. The Morgan fingerprint density at radius 3 is 2.65 bits per heavy atom. The lowest BCUT2D eigenvalue weighted by Gasteiger charge is -2.33. The van der Waals surface area contributed by atoms with Crippen LogP contribution in [0.25, 0.3) is 0 Å². The number of carboxylic acid groups (broad SMARTS) is 1. The van der Waals surface area contributed by atoms with Gasteiger partial charge in [-0.1, -0.05) is 19.1 Å². The number of hydrogen-bond donors (Lipinski definition) is 2. The zero-order chi connectivity index (χ0) is 18.7. The molecule has 2 aromatic rings. The Bertz CT molecular complexity index is 838. The molecule has 0 unspecified atom stereocenters. The molecule has 136 valence electrons. The highest BCUT2D eigenvalue weighted by molar-refractivity contribution is 6.08. The summed E-state index contributed by atoms with van der Waals surface area (Å²) in [6.07, 6.45) is 2.23. The molecule has 1 atom stereocenters. The van der Waals surface area contributed by atoms with Gasteiger partial charge in [0.25, 0.3) is 5.91 Å². The van der Waals surface area contributed by atoms with Crippen molar-refractivity contribution >= 4 is 23.3 Å². The van der Waals surface area contributed by atoms with Gasteiger partial charge in [-0.3, -0.25) is 4.79 Å². The minimum absolute atomic E-state index is 0.00887. The van der Waals surface area contributed by atoms with Gasteiger partial charge in [-0.2, -0.15) is 0 Å². The van der Waals surface area contributed by atoms with E-state index in [0.717, 1.165) is 25.2 Å². The van der Waals surface area contributed by atoms with E-state index in [1.807, 2.05) is 0 Å². The van der Waals surface area contributed by atoms with Crippen molar-refractivity contribution in [1.82, 2.24) is 0 Å². The molecule has 0 bridgehead atoms. The third kappa shape index (κ3) is 3.85. The Hall–Kier alpha value is -2.89. The summed E-state index contributed by atoms with van der Waals surface area (Å²) >= 11 is 0. The van der Waals surface area contributed by atoms with E-state index in [2.05, 4.69) is 17.1 Å². The number of carbonyl (C=O) groups excluding carboxylic acids is 1. The largest absolute Gasteiger partial charge is 0.478 e. The molecule has 0 spiro atoms. The van der Waals surface area contributed by atoms with E-state index >= 15 is 0 Å². The number of halogens is 1. The Kier molecular flexibility index (Phi) is 5.21. The average Bonchev–Trinajstić information content (AvgIpc) is 2.62. The first kappa shape index (κ1) is 17.9. The summed E-state index contributed by atoms with van der Waals surface area (Å²) in [5, 5.41) is 12.0. The van der Waals surface area contributed by atoms with Crippen LogP contribution in [0.1, 0.15) is 40.5 Å². The maximum atomic E-state index is 13.8. The predicted molar refractivity (Wildman–Crippen MR) is 98.4 cm³/mol. The molecule has 0 saturated carbocycles. The molecule has 1 amide bonds. The Balaban J connectivity index is 1.86. The molecule has 1 heterocycles. The normalized spacial score (nSPS) is 17.0. The fraction of sp³-hybridized carbons (Fsp3) is 0.300. The lowest BCUT2D eigenvalue weighted by Crippen LogP contribution is -2.34. The second-order valence-electron chi connectivity index (χ2n) is 6.66. The van der Waals surface area contributed by atoms with Crippen LogP contribution in [0.15, 0.2) is 42.5 Å². The highest BCUT2D eigenvalue weighted by atomic mass is 19.1. The first-order valence-electron chi connectivity index (χ1n) is 8.64. The zero-order valence-electron chi connectivity index (χ0n) is 14.5. The van der Waals surface area contributed by atoms with E-state index in [-0.39, 0.29) is 16.8 Å². The number of carboxylic acids is 1. The molecule has 2 N–H and O–H groups in total. The summed E-state index contributed by atoms with van der Waals surface area (Å²) in [5.74, 6) is -1.91. The number of piperidine rings is 1. The van der Waals surface area contributed by atoms with E-state index in [4.69, 9.17) is 0 Å². The number of nitrogens with zero attached hydrogens (tertiary/aromatic N) is 1. The van der Waals surface area contributed by atoms with Gasteiger partial charge in [0.1, 0.15) is 5.82 Å². The van der Waals surface area contributed by atoms with Crippen molar-refractivity contribution in [1.29, 1.82) is 0 Å². The van der Waals surface area contributed by atoms with Crippen LogP contribution in [0.2, 0.25) is 0 Å². The number of benzene rings is 2. The van der Waals surface area contributed by atoms with Crippen molar-refractivity contribution in [2.75, 3.05) is 23.3 Å². The first-order valence-corrected chi connectivity index (χ1v) is 8.64. The van der Waals surface area contributed by atoms with Gasteiger partial charge in [0.15, 0.2) is 0 Å². The third-order valence-electron chi connectivity index (χ3n) is 4.62. The molecule has 1 fully saturated rings. The zero-order valence-corrected chi connectivity index (χ0v) is 14.5. The molecule has 2 aromatic carbocycles.